The van der Waals surface area contributed by atoms with Gasteiger partial charge in [-0.25, -0.2) is 0 Å². The molecule has 1 heterocycles. The lowest BCUT2D eigenvalue weighted by molar-refractivity contribution is 0.287. The molecule has 0 radical (unpaired) electrons. The van der Waals surface area contributed by atoms with E-state index in [9.17, 15) is 0 Å². The Hall–Kier alpha value is 0.270. The minimum Gasteiger partial charge on any atom is -0.328 e. The number of thioether (sulfide) groups is 1. The summed E-state index contributed by atoms with van der Waals surface area (Å²) < 4.78 is 0. The third-order valence-electron chi connectivity index (χ3n) is 2.70. The fraction of sp³-hybridized carbons (Fsp3) is 1.00. The quantitative estimate of drug-likeness (QED) is 0.712. The van der Waals surface area contributed by atoms with E-state index in [4.69, 9.17) is 5.73 Å². The number of hydrogen-bond donors (Lipinski definition) is 1. The van der Waals surface area contributed by atoms with Crippen molar-refractivity contribution in [3.8, 4) is 0 Å². The number of nitrogens with zero attached hydrogens (tertiary/aromatic N) is 1. The Bertz CT molecular complexity index is 131. The first-order valence-corrected chi connectivity index (χ1v) is 7.00. The van der Waals surface area contributed by atoms with Crippen LogP contribution >= 0.6 is 11.8 Å². The molecule has 0 aromatic rings. The van der Waals surface area contributed by atoms with Gasteiger partial charge in [0.1, 0.15) is 0 Å². The summed E-state index contributed by atoms with van der Waals surface area (Å²) in [5.74, 6) is 2.68. The van der Waals surface area contributed by atoms with Gasteiger partial charge in [0.15, 0.2) is 0 Å². The van der Waals surface area contributed by atoms with E-state index in [2.05, 4.69) is 23.6 Å². The van der Waals surface area contributed by atoms with Gasteiger partial charge < -0.3 is 10.6 Å². The highest BCUT2D eigenvalue weighted by Crippen LogP contribution is 2.10. The van der Waals surface area contributed by atoms with Gasteiger partial charge in [0.25, 0.3) is 0 Å². The van der Waals surface area contributed by atoms with Gasteiger partial charge in [0.2, 0.25) is 0 Å². The third kappa shape index (κ3) is 5.89. The number of unbranched alkanes of at least 4 members (excludes halogenated alkanes) is 1. The van der Waals surface area contributed by atoms with Crippen LogP contribution in [0.15, 0.2) is 0 Å². The summed E-state index contributed by atoms with van der Waals surface area (Å²) in [5.41, 5.74) is 5.72. The summed E-state index contributed by atoms with van der Waals surface area (Å²) >= 11 is 2.10. The zero-order valence-corrected chi connectivity index (χ0v) is 10.2. The molecule has 0 bridgehead atoms. The van der Waals surface area contributed by atoms with Gasteiger partial charge in [0, 0.05) is 18.3 Å². The lowest BCUT2D eigenvalue weighted by atomic mass is 10.1. The largest absolute Gasteiger partial charge is 0.328 e. The van der Waals surface area contributed by atoms with Crippen molar-refractivity contribution in [2.45, 2.75) is 38.6 Å². The van der Waals surface area contributed by atoms with Crippen LogP contribution in [-0.4, -0.2) is 42.1 Å². The van der Waals surface area contributed by atoms with Gasteiger partial charge in [-0.2, -0.15) is 11.8 Å². The minimum atomic E-state index is 0.384. The van der Waals surface area contributed by atoms with Gasteiger partial charge in [-0.15, -0.1) is 0 Å². The van der Waals surface area contributed by atoms with E-state index >= 15 is 0 Å². The molecule has 0 spiro atoms. The highest BCUT2D eigenvalue weighted by Gasteiger charge is 2.08. The summed E-state index contributed by atoms with van der Waals surface area (Å²) in [6, 6.07) is 0.384. The topological polar surface area (TPSA) is 29.3 Å². The molecule has 1 unspecified atom stereocenters. The lowest BCUT2D eigenvalue weighted by Gasteiger charge is -2.19. The average molecular weight is 216 g/mol. The zero-order valence-electron chi connectivity index (χ0n) is 9.37. The standard InChI is InChI=1S/C11H24N2S/c1-11(12)5-2-3-6-13-7-4-9-14-10-8-13/h11H,2-10,12H2,1H3. The van der Waals surface area contributed by atoms with Crippen LogP contribution in [0.1, 0.15) is 32.6 Å². The Morgan fingerprint density at radius 3 is 2.93 bits per heavy atom. The van der Waals surface area contributed by atoms with E-state index < -0.39 is 0 Å². The van der Waals surface area contributed by atoms with Crippen molar-refractivity contribution < 1.29 is 0 Å². The normalized spacial score (nSPS) is 21.9. The van der Waals surface area contributed by atoms with Gasteiger partial charge >= 0.3 is 0 Å². The summed E-state index contributed by atoms with van der Waals surface area (Å²) in [7, 11) is 0. The van der Waals surface area contributed by atoms with E-state index in [0.717, 1.165) is 0 Å². The van der Waals surface area contributed by atoms with Crippen LogP contribution in [0.5, 0.6) is 0 Å². The summed E-state index contributed by atoms with van der Waals surface area (Å²) in [6.07, 6.45) is 5.17. The molecule has 1 rings (SSSR count). The van der Waals surface area contributed by atoms with Gasteiger partial charge in [0.05, 0.1) is 0 Å². The highest BCUT2D eigenvalue weighted by atomic mass is 32.2. The molecule has 0 saturated carbocycles. The van der Waals surface area contributed by atoms with Crippen molar-refractivity contribution in [1.82, 2.24) is 4.90 Å². The molecular formula is C11H24N2S. The smallest absolute Gasteiger partial charge is 0.00723 e. The van der Waals surface area contributed by atoms with Crippen LogP contribution in [0.3, 0.4) is 0 Å². The lowest BCUT2D eigenvalue weighted by Crippen LogP contribution is -2.27. The van der Waals surface area contributed by atoms with E-state index in [-0.39, 0.29) is 0 Å². The van der Waals surface area contributed by atoms with E-state index in [1.165, 1.54) is 56.8 Å². The first-order valence-electron chi connectivity index (χ1n) is 5.84. The maximum Gasteiger partial charge on any atom is 0.00723 e. The molecule has 0 aromatic carbocycles. The maximum absolute atomic E-state index is 5.72. The third-order valence-corrected chi connectivity index (χ3v) is 3.75. The predicted octanol–water partition coefficient (Wildman–Crippen LogP) is 1.94. The Balaban J connectivity index is 1.99. The van der Waals surface area contributed by atoms with E-state index in [1.807, 2.05) is 0 Å². The summed E-state index contributed by atoms with van der Waals surface area (Å²) in [4.78, 5) is 2.61. The van der Waals surface area contributed by atoms with Crippen molar-refractivity contribution in [3.63, 3.8) is 0 Å². The Morgan fingerprint density at radius 2 is 2.14 bits per heavy atom. The summed E-state index contributed by atoms with van der Waals surface area (Å²) in [5, 5.41) is 0. The Morgan fingerprint density at radius 1 is 1.29 bits per heavy atom. The first kappa shape index (κ1) is 12.3. The minimum absolute atomic E-state index is 0.384. The van der Waals surface area contributed by atoms with Crippen molar-refractivity contribution in [2.24, 2.45) is 5.73 Å². The molecule has 2 N–H and O–H groups in total. The molecule has 1 aliphatic heterocycles. The molecule has 0 aliphatic carbocycles. The molecule has 0 aromatic heterocycles. The van der Waals surface area contributed by atoms with Crippen LogP contribution in [-0.2, 0) is 0 Å². The fourth-order valence-corrected chi connectivity index (χ4v) is 2.75. The average Bonchev–Trinajstić information content (AvgIpc) is 2.40. The summed E-state index contributed by atoms with van der Waals surface area (Å²) in [6.45, 7) is 5.99. The molecule has 1 aliphatic rings. The Labute approximate surface area is 92.6 Å². The highest BCUT2D eigenvalue weighted by molar-refractivity contribution is 7.99. The van der Waals surface area contributed by atoms with Crippen LogP contribution in [0.2, 0.25) is 0 Å². The Kier molecular flexibility index (Phi) is 6.65. The van der Waals surface area contributed by atoms with Crippen molar-refractivity contribution in [2.75, 3.05) is 31.1 Å². The van der Waals surface area contributed by atoms with Crippen molar-refractivity contribution in [3.05, 3.63) is 0 Å². The molecule has 84 valence electrons. The molecule has 2 nitrogen and oxygen atoms in total. The molecule has 1 atom stereocenters. The number of nitrogens with two attached hydrogens (primary N) is 1. The SMILES string of the molecule is CC(N)CCCCN1CCCSCC1. The van der Waals surface area contributed by atoms with E-state index in [1.54, 1.807) is 0 Å². The predicted molar refractivity (Wildman–Crippen MR) is 65.9 cm³/mol. The van der Waals surface area contributed by atoms with Gasteiger partial charge in [-0.05, 0) is 45.0 Å². The van der Waals surface area contributed by atoms with Gasteiger partial charge in [-0.1, -0.05) is 6.42 Å². The fourth-order valence-electron chi connectivity index (χ4n) is 1.82. The van der Waals surface area contributed by atoms with Crippen LogP contribution < -0.4 is 5.73 Å². The van der Waals surface area contributed by atoms with Crippen molar-refractivity contribution in [1.29, 1.82) is 0 Å². The molecule has 0 amide bonds. The van der Waals surface area contributed by atoms with Crippen LogP contribution in [0.25, 0.3) is 0 Å². The molecular weight excluding hydrogens is 192 g/mol. The first-order chi connectivity index (χ1) is 6.79. The van der Waals surface area contributed by atoms with E-state index in [0.29, 0.717) is 6.04 Å². The number of rotatable bonds is 5. The second-order valence-electron chi connectivity index (χ2n) is 4.28. The molecule has 1 saturated heterocycles. The second-order valence-corrected chi connectivity index (χ2v) is 5.51. The van der Waals surface area contributed by atoms with Crippen LogP contribution in [0.4, 0.5) is 0 Å². The zero-order chi connectivity index (χ0) is 10.2. The van der Waals surface area contributed by atoms with Gasteiger partial charge in [-0.3, -0.25) is 0 Å². The molecule has 1 fully saturated rings. The maximum atomic E-state index is 5.72. The molecule has 3 heteroatoms. The van der Waals surface area contributed by atoms with Crippen LogP contribution in [0, 0.1) is 0 Å². The monoisotopic (exact) mass is 216 g/mol. The number of hydrogen-bond acceptors (Lipinski definition) is 3. The van der Waals surface area contributed by atoms with Crippen molar-refractivity contribution >= 4 is 11.8 Å². The second kappa shape index (κ2) is 7.55. The molecule has 14 heavy (non-hydrogen) atoms.